The molecule has 1 heterocycles. The van der Waals surface area contributed by atoms with Gasteiger partial charge in [0.25, 0.3) is 0 Å². The molecule has 0 radical (unpaired) electrons. The lowest BCUT2D eigenvalue weighted by molar-refractivity contribution is -0.130. The molecule has 1 amide bonds. The van der Waals surface area contributed by atoms with Gasteiger partial charge in [0, 0.05) is 6.54 Å². The zero-order valence-corrected chi connectivity index (χ0v) is 13.6. The van der Waals surface area contributed by atoms with Crippen molar-refractivity contribution in [3.63, 3.8) is 0 Å². The molecule has 4 nitrogen and oxygen atoms in total. The van der Waals surface area contributed by atoms with Gasteiger partial charge in [-0.3, -0.25) is 10.1 Å². The molecule has 1 aliphatic heterocycles. The molecule has 0 aromatic heterocycles. The van der Waals surface area contributed by atoms with E-state index in [-0.39, 0.29) is 18.1 Å². The van der Waals surface area contributed by atoms with Crippen LogP contribution >= 0.6 is 0 Å². The number of rotatable bonds is 5. The number of ether oxygens (including phenoxy) is 1. The predicted octanol–water partition coefficient (Wildman–Crippen LogP) is 2.87. The Hall–Kier alpha value is -1.55. The molecule has 4 heteroatoms. The van der Waals surface area contributed by atoms with Gasteiger partial charge in [0.15, 0.2) is 0 Å². The number of nitrogens with one attached hydrogen (secondary N) is 1. The third-order valence-electron chi connectivity index (χ3n) is 4.03. The minimum absolute atomic E-state index is 0.0316. The molecule has 2 unspecified atom stereocenters. The van der Waals surface area contributed by atoms with Crippen molar-refractivity contribution in [2.45, 2.75) is 46.3 Å². The van der Waals surface area contributed by atoms with E-state index in [1.165, 1.54) is 0 Å². The Morgan fingerprint density at radius 3 is 2.62 bits per heavy atom. The van der Waals surface area contributed by atoms with E-state index in [0.717, 1.165) is 29.8 Å². The number of benzene rings is 1. The fourth-order valence-corrected chi connectivity index (χ4v) is 3.01. The molecular weight excluding hydrogens is 264 g/mol. The highest BCUT2D eigenvalue weighted by Crippen LogP contribution is 2.30. The van der Waals surface area contributed by atoms with E-state index >= 15 is 0 Å². The van der Waals surface area contributed by atoms with Crippen LogP contribution in [0.2, 0.25) is 0 Å². The van der Waals surface area contributed by atoms with Gasteiger partial charge < -0.3 is 9.64 Å². The number of methoxy groups -OCH3 is 1. The van der Waals surface area contributed by atoms with Crippen LogP contribution in [-0.4, -0.2) is 30.5 Å². The zero-order valence-electron chi connectivity index (χ0n) is 13.6. The summed E-state index contributed by atoms with van der Waals surface area (Å²) in [6, 6.07) is 6.04. The summed E-state index contributed by atoms with van der Waals surface area (Å²) in [4.78, 5) is 14.4. The van der Waals surface area contributed by atoms with Crippen LogP contribution in [0.5, 0.6) is 5.75 Å². The van der Waals surface area contributed by atoms with Crippen molar-refractivity contribution in [3.05, 3.63) is 29.3 Å². The first-order valence-corrected chi connectivity index (χ1v) is 7.69. The van der Waals surface area contributed by atoms with Crippen molar-refractivity contribution in [3.8, 4) is 5.75 Å². The quantitative estimate of drug-likeness (QED) is 0.906. The number of hydrogen-bond donors (Lipinski definition) is 1. The fourth-order valence-electron chi connectivity index (χ4n) is 3.01. The first kappa shape index (κ1) is 15.8. The van der Waals surface area contributed by atoms with Crippen molar-refractivity contribution in [2.75, 3.05) is 13.7 Å². The van der Waals surface area contributed by atoms with Crippen LogP contribution in [0, 0.1) is 12.8 Å². The Morgan fingerprint density at radius 2 is 2.10 bits per heavy atom. The van der Waals surface area contributed by atoms with Crippen LogP contribution in [0.4, 0.5) is 0 Å². The number of likely N-dealkylation sites (N-methyl/N-ethyl adjacent to an activating group) is 1. The highest BCUT2D eigenvalue weighted by molar-refractivity contribution is 5.84. The SMILES string of the molecule is CCN1C(=O)C(CC(C)C)NC1c1ccc(OC)c(C)c1. The fraction of sp³-hybridized carbons (Fsp3) is 0.588. The van der Waals surface area contributed by atoms with Crippen LogP contribution in [0.25, 0.3) is 0 Å². The summed E-state index contributed by atoms with van der Waals surface area (Å²) in [5, 5.41) is 3.49. The number of aryl methyl sites for hydroxylation is 1. The van der Waals surface area contributed by atoms with E-state index < -0.39 is 0 Å². The molecule has 1 aromatic carbocycles. The Morgan fingerprint density at radius 1 is 1.38 bits per heavy atom. The average molecular weight is 290 g/mol. The lowest BCUT2D eigenvalue weighted by atomic mass is 10.0. The number of carbonyl (C=O) groups is 1. The molecule has 1 aromatic rings. The first-order valence-electron chi connectivity index (χ1n) is 7.69. The van der Waals surface area contributed by atoms with E-state index in [0.29, 0.717) is 5.92 Å². The summed E-state index contributed by atoms with van der Waals surface area (Å²) in [6.45, 7) is 9.07. The molecule has 2 rings (SSSR count). The molecule has 1 N–H and O–H groups in total. The third kappa shape index (κ3) is 3.21. The molecule has 0 spiro atoms. The van der Waals surface area contributed by atoms with Crippen molar-refractivity contribution >= 4 is 5.91 Å². The Labute approximate surface area is 127 Å². The van der Waals surface area contributed by atoms with Gasteiger partial charge in [0.2, 0.25) is 5.91 Å². The lowest BCUT2D eigenvalue weighted by Gasteiger charge is -2.23. The largest absolute Gasteiger partial charge is 0.496 e. The molecule has 2 atom stereocenters. The van der Waals surface area contributed by atoms with Crippen molar-refractivity contribution < 1.29 is 9.53 Å². The smallest absolute Gasteiger partial charge is 0.241 e. The zero-order chi connectivity index (χ0) is 15.6. The lowest BCUT2D eigenvalue weighted by Crippen LogP contribution is -2.31. The van der Waals surface area contributed by atoms with E-state index in [4.69, 9.17) is 4.74 Å². The van der Waals surface area contributed by atoms with Crippen molar-refractivity contribution in [1.29, 1.82) is 0 Å². The van der Waals surface area contributed by atoms with Gasteiger partial charge in [-0.1, -0.05) is 19.9 Å². The summed E-state index contributed by atoms with van der Waals surface area (Å²) < 4.78 is 5.31. The van der Waals surface area contributed by atoms with Gasteiger partial charge in [-0.05, 0) is 49.4 Å². The van der Waals surface area contributed by atoms with E-state index in [1.807, 2.05) is 30.9 Å². The molecular formula is C17H26N2O2. The molecule has 0 saturated carbocycles. The predicted molar refractivity (Wildman–Crippen MR) is 84.2 cm³/mol. The second-order valence-corrected chi connectivity index (χ2v) is 6.10. The van der Waals surface area contributed by atoms with Crippen LogP contribution in [0.3, 0.4) is 0 Å². The summed E-state index contributed by atoms with van der Waals surface area (Å²) in [5.41, 5.74) is 2.21. The Kier molecular flexibility index (Phi) is 4.88. The topological polar surface area (TPSA) is 41.6 Å². The van der Waals surface area contributed by atoms with Crippen molar-refractivity contribution in [1.82, 2.24) is 10.2 Å². The second-order valence-electron chi connectivity index (χ2n) is 6.10. The molecule has 21 heavy (non-hydrogen) atoms. The van der Waals surface area contributed by atoms with E-state index in [1.54, 1.807) is 7.11 Å². The highest BCUT2D eigenvalue weighted by Gasteiger charge is 2.38. The molecule has 0 bridgehead atoms. The van der Waals surface area contributed by atoms with Crippen LogP contribution < -0.4 is 10.1 Å². The summed E-state index contributed by atoms with van der Waals surface area (Å²) in [6.07, 6.45) is 0.844. The summed E-state index contributed by atoms with van der Waals surface area (Å²) in [5.74, 6) is 1.59. The maximum atomic E-state index is 12.5. The average Bonchev–Trinajstić information content (AvgIpc) is 2.74. The van der Waals surface area contributed by atoms with Gasteiger partial charge in [0.1, 0.15) is 11.9 Å². The van der Waals surface area contributed by atoms with Crippen LogP contribution in [0.15, 0.2) is 18.2 Å². The standard InChI is InChI=1S/C17H26N2O2/c1-6-19-16(18-14(17(19)20)9-11(2)3)13-7-8-15(21-5)12(4)10-13/h7-8,10-11,14,16,18H,6,9H2,1-5H3. The minimum atomic E-state index is -0.0719. The number of carbonyl (C=O) groups excluding carboxylic acids is 1. The monoisotopic (exact) mass is 290 g/mol. The molecule has 1 fully saturated rings. The summed E-state index contributed by atoms with van der Waals surface area (Å²) >= 11 is 0. The molecule has 1 aliphatic rings. The molecule has 0 aliphatic carbocycles. The van der Waals surface area contributed by atoms with Crippen LogP contribution in [0.1, 0.15) is 44.5 Å². The second kappa shape index (κ2) is 6.48. The van der Waals surface area contributed by atoms with Crippen molar-refractivity contribution in [2.24, 2.45) is 5.92 Å². The minimum Gasteiger partial charge on any atom is -0.496 e. The maximum Gasteiger partial charge on any atom is 0.241 e. The number of nitrogens with zero attached hydrogens (tertiary/aromatic N) is 1. The third-order valence-corrected chi connectivity index (χ3v) is 4.03. The van der Waals surface area contributed by atoms with Gasteiger partial charge >= 0.3 is 0 Å². The van der Waals surface area contributed by atoms with Gasteiger partial charge in [-0.2, -0.15) is 0 Å². The van der Waals surface area contributed by atoms with E-state index in [2.05, 4.69) is 25.2 Å². The first-order chi connectivity index (χ1) is 9.97. The number of amides is 1. The van der Waals surface area contributed by atoms with Gasteiger partial charge in [0.05, 0.1) is 13.2 Å². The Bertz CT molecular complexity index is 514. The number of hydrogen-bond acceptors (Lipinski definition) is 3. The van der Waals surface area contributed by atoms with Gasteiger partial charge in [-0.25, -0.2) is 0 Å². The molecule has 1 saturated heterocycles. The highest BCUT2D eigenvalue weighted by atomic mass is 16.5. The molecule has 116 valence electrons. The summed E-state index contributed by atoms with van der Waals surface area (Å²) in [7, 11) is 1.68. The van der Waals surface area contributed by atoms with Crippen LogP contribution in [-0.2, 0) is 4.79 Å². The normalized spacial score (nSPS) is 22.2. The van der Waals surface area contributed by atoms with E-state index in [9.17, 15) is 4.79 Å². The maximum absolute atomic E-state index is 12.5. The van der Waals surface area contributed by atoms with Gasteiger partial charge in [-0.15, -0.1) is 0 Å². The Balaban J connectivity index is 2.25.